The maximum atomic E-state index is 4.95. The number of hydrogen-bond donors (Lipinski definition) is 2. The number of rotatable bonds is 12. The number of unbranched alkanes of at least 4 members (excludes halogenated alkanes) is 2. The molecule has 0 spiro atoms. The van der Waals surface area contributed by atoms with Crippen molar-refractivity contribution in [2.24, 2.45) is 4.99 Å². The molecule has 1 saturated heterocycles. The van der Waals surface area contributed by atoms with Gasteiger partial charge in [0.05, 0.1) is 6.54 Å². The molecule has 0 aliphatic carbocycles. The lowest BCUT2D eigenvalue weighted by Crippen LogP contribution is -2.44. The highest BCUT2D eigenvalue weighted by molar-refractivity contribution is 5.80. The summed E-state index contributed by atoms with van der Waals surface area (Å²) in [6.07, 6.45) is 10.3. The Bertz CT molecular complexity index is 569. The summed E-state index contributed by atoms with van der Waals surface area (Å²) in [5.41, 5.74) is 0. The van der Waals surface area contributed by atoms with E-state index in [0.29, 0.717) is 12.1 Å². The predicted octanol–water partition coefficient (Wildman–Crippen LogP) is 2.83. The van der Waals surface area contributed by atoms with Crippen molar-refractivity contribution in [1.82, 2.24) is 30.3 Å². The number of hydrogen-bond acceptors (Lipinski definition) is 4. The number of nitrogens with zero attached hydrogens (tertiary/aromatic N) is 5. The van der Waals surface area contributed by atoms with Crippen LogP contribution in [0.1, 0.15) is 72.0 Å². The SMILES string of the molecule is CCCCCC(C)NC(=NCC1CCCN1CC)NCCn1cnnc1CC. The molecular formula is C21H41N7. The topological polar surface area (TPSA) is 70.4 Å². The minimum atomic E-state index is 0.435. The molecule has 2 N–H and O–H groups in total. The molecule has 2 heterocycles. The molecule has 0 saturated carbocycles. The molecule has 160 valence electrons. The van der Waals surface area contributed by atoms with Crippen LogP contribution in [-0.2, 0) is 13.0 Å². The van der Waals surface area contributed by atoms with Crippen molar-refractivity contribution >= 4 is 5.96 Å². The third kappa shape index (κ3) is 7.41. The van der Waals surface area contributed by atoms with Gasteiger partial charge in [-0.3, -0.25) is 9.89 Å². The van der Waals surface area contributed by atoms with Crippen LogP contribution in [0.5, 0.6) is 0 Å². The lowest BCUT2D eigenvalue weighted by molar-refractivity contribution is 0.273. The molecule has 0 bridgehead atoms. The molecule has 1 aliphatic rings. The van der Waals surface area contributed by atoms with E-state index in [4.69, 9.17) is 4.99 Å². The fourth-order valence-corrected chi connectivity index (χ4v) is 3.91. The van der Waals surface area contributed by atoms with Crippen LogP contribution in [0, 0.1) is 0 Å². The van der Waals surface area contributed by atoms with E-state index < -0.39 is 0 Å². The van der Waals surface area contributed by atoms with Crippen LogP contribution >= 0.6 is 0 Å². The van der Waals surface area contributed by atoms with E-state index in [9.17, 15) is 0 Å². The normalized spacial score (nSPS) is 19.1. The van der Waals surface area contributed by atoms with Crippen LogP contribution in [0.4, 0.5) is 0 Å². The summed E-state index contributed by atoms with van der Waals surface area (Å²) in [6, 6.07) is 1.02. The van der Waals surface area contributed by atoms with Gasteiger partial charge in [0, 0.05) is 31.6 Å². The average molecular weight is 392 g/mol. The highest BCUT2D eigenvalue weighted by atomic mass is 15.3. The summed E-state index contributed by atoms with van der Waals surface area (Å²) in [5, 5.41) is 15.3. The number of likely N-dealkylation sites (N-methyl/N-ethyl adjacent to an activating group) is 1. The maximum Gasteiger partial charge on any atom is 0.191 e. The first-order valence-corrected chi connectivity index (χ1v) is 11.3. The van der Waals surface area contributed by atoms with Crippen molar-refractivity contribution in [2.75, 3.05) is 26.2 Å². The second-order valence-electron chi connectivity index (χ2n) is 7.88. The number of aryl methyl sites for hydroxylation is 1. The summed E-state index contributed by atoms with van der Waals surface area (Å²) in [5.74, 6) is 1.98. The highest BCUT2D eigenvalue weighted by Gasteiger charge is 2.22. The van der Waals surface area contributed by atoms with Gasteiger partial charge < -0.3 is 15.2 Å². The van der Waals surface area contributed by atoms with Crippen molar-refractivity contribution < 1.29 is 0 Å². The van der Waals surface area contributed by atoms with Gasteiger partial charge in [0.1, 0.15) is 12.2 Å². The third-order valence-electron chi connectivity index (χ3n) is 5.65. The fourth-order valence-electron chi connectivity index (χ4n) is 3.91. The largest absolute Gasteiger partial charge is 0.355 e. The number of likely N-dealkylation sites (tertiary alicyclic amines) is 1. The third-order valence-corrected chi connectivity index (χ3v) is 5.65. The molecule has 2 atom stereocenters. The maximum absolute atomic E-state index is 4.95. The first kappa shape index (κ1) is 22.7. The van der Waals surface area contributed by atoms with E-state index in [1.165, 1.54) is 45.1 Å². The molecule has 1 aromatic heterocycles. The molecule has 1 aliphatic heterocycles. The zero-order valence-electron chi connectivity index (χ0n) is 18.5. The van der Waals surface area contributed by atoms with Crippen LogP contribution < -0.4 is 10.6 Å². The Kier molecular flexibility index (Phi) is 10.3. The van der Waals surface area contributed by atoms with Gasteiger partial charge in [-0.2, -0.15) is 0 Å². The Balaban J connectivity index is 1.89. The van der Waals surface area contributed by atoms with Gasteiger partial charge in [-0.25, -0.2) is 0 Å². The second kappa shape index (κ2) is 12.8. The predicted molar refractivity (Wildman–Crippen MR) is 117 cm³/mol. The number of aliphatic imine (C=N–C) groups is 1. The molecule has 2 rings (SSSR count). The van der Waals surface area contributed by atoms with E-state index in [1.807, 2.05) is 6.33 Å². The van der Waals surface area contributed by atoms with Crippen molar-refractivity contribution in [3.8, 4) is 0 Å². The van der Waals surface area contributed by atoms with Crippen molar-refractivity contribution in [1.29, 1.82) is 0 Å². The smallest absolute Gasteiger partial charge is 0.191 e. The van der Waals surface area contributed by atoms with Gasteiger partial charge in [-0.15, -0.1) is 10.2 Å². The van der Waals surface area contributed by atoms with Crippen LogP contribution in [0.25, 0.3) is 0 Å². The Morgan fingerprint density at radius 3 is 2.93 bits per heavy atom. The second-order valence-corrected chi connectivity index (χ2v) is 7.88. The summed E-state index contributed by atoms with van der Waals surface area (Å²) in [4.78, 5) is 7.50. The lowest BCUT2D eigenvalue weighted by atomic mass is 10.1. The van der Waals surface area contributed by atoms with Gasteiger partial charge in [-0.05, 0) is 39.3 Å². The van der Waals surface area contributed by atoms with Crippen molar-refractivity contribution in [2.45, 2.75) is 91.3 Å². The molecule has 0 aromatic carbocycles. The summed E-state index contributed by atoms with van der Waals surface area (Å²) >= 11 is 0. The zero-order valence-corrected chi connectivity index (χ0v) is 18.5. The molecule has 0 radical (unpaired) electrons. The van der Waals surface area contributed by atoms with Gasteiger partial charge in [0.25, 0.3) is 0 Å². The van der Waals surface area contributed by atoms with Gasteiger partial charge in [-0.1, -0.05) is 40.0 Å². The minimum Gasteiger partial charge on any atom is -0.355 e. The Morgan fingerprint density at radius 2 is 2.18 bits per heavy atom. The number of guanidine groups is 1. The molecule has 7 nitrogen and oxygen atoms in total. The summed E-state index contributed by atoms with van der Waals surface area (Å²) in [7, 11) is 0. The van der Waals surface area contributed by atoms with Crippen LogP contribution in [0.15, 0.2) is 11.3 Å². The van der Waals surface area contributed by atoms with E-state index >= 15 is 0 Å². The number of nitrogens with one attached hydrogen (secondary N) is 2. The zero-order chi connectivity index (χ0) is 20.2. The Labute approximate surface area is 171 Å². The average Bonchev–Trinajstić information content (AvgIpc) is 3.34. The van der Waals surface area contributed by atoms with Gasteiger partial charge >= 0.3 is 0 Å². The fraction of sp³-hybridized carbons (Fsp3) is 0.857. The van der Waals surface area contributed by atoms with Crippen LogP contribution in [0.3, 0.4) is 0 Å². The van der Waals surface area contributed by atoms with E-state index in [-0.39, 0.29) is 0 Å². The minimum absolute atomic E-state index is 0.435. The van der Waals surface area contributed by atoms with E-state index in [1.54, 1.807) is 0 Å². The molecule has 7 heteroatoms. The lowest BCUT2D eigenvalue weighted by Gasteiger charge is -2.23. The standard InChI is InChI=1S/C21H41N7/c1-5-8-9-11-18(4)25-21(23-16-19-12-10-14-27(19)7-3)22-13-15-28-17-24-26-20(28)6-2/h17-19H,5-16H2,1-4H3,(H2,22,23,25). The van der Waals surface area contributed by atoms with Crippen LogP contribution in [0.2, 0.25) is 0 Å². The van der Waals surface area contributed by atoms with Gasteiger partial charge in [0.2, 0.25) is 0 Å². The molecule has 1 fully saturated rings. The Hall–Kier alpha value is -1.63. The molecule has 1 aromatic rings. The van der Waals surface area contributed by atoms with Crippen LogP contribution in [-0.4, -0.2) is 63.9 Å². The first-order chi connectivity index (χ1) is 13.7. The molecule has 2 unspecified atom stereocenters. The Morgan fingerprint density at radius 1 is 1.32 bits per heavy atom. The summed E-state index contributed by atoms with van der Waals surface area (Å²) < 4.78 is 2.12. The molecular weight excluding hydrogens is 350 g/mol. The van der Waals surface area contributed by atoms with Crippen molar-refractivity contribution in [3.05, 3.63) is 12.2 Å². The highest BCUT2D eigenvalue weighted by Crippen LogP contribution is 2.16. The monoisotopic (exact) mass is 391 g/mol. The summed E-state index contributed by atoms with van der Waals surface area (Å²) in [6.45, 7) is 13.8. The van der Waals surface area contributed by atoms with Crippen molar-refractivity contribution in [3.63, 3.8) is 0 Å². The molecule has 0 amide bonds. The first-order valence-electron chi connectivity index (χ1n) is 11.3. The quantitative estimate of drug-likeness (QED) is 0.326. The number of aromatic nitrogens is 3. The molecule has 28 heavy (non-hydrogen) atoms. The van der Waals surface area contributed by atoms with Gasteiger partial charge in [0.15, 0.2) is 5.96 Å². The van der Waals surface area contributed by atoms with E-state index in [2.05, 4.69) is 58.0 Å². The van der Waals surface area contributed by atoms with E-state index in [0.717, 1.165) is 44.4 Å².